The van der Waals surface area contributed by atoms with Crippen LogP contribution in [-0.2, 0) is 21.5 Å². The predicted octanol–water partition coefficient (Wildman–Crippen LogP) is 3.36. The van der Waals surface area contributed by atoms with Crippen molar-refractivity contribution in [3.8, 4) is 0 Å². The summed E-state index contributed by atoms with van der Waals surface area (Å²) in [4.78, 5) is 24.7. The van der Waals surface area contributed by atoms with Crippen LogP contribution in [0.25, 0.3) is 0 Å². The van der Waals surface area contributed by atoms with Gasteiger partial charge in [-0.25, -0.2) is 9.18 Å². The molecular weight excluding hydrogens is 321 g/mol. The van der Waals surface area contributed by atoms with E-state index in [1.54, 1.807) is 0 Å². The second-order valence-electron chi connectivity index (χ2n) is 6.57. The van der Waals surface area contributed by atoms with Gasteiger partial charge in [-0.05, 0) is 55.0 Å². The average molecular weight is 341 g/mol. The Bertz CT molecular complexity index is 803. The van der Waals surface area contributed by atoms with Gasteiger partial charge in [-0.15, -0.1) is 0 Å². The number of carbonyl (C=O) groups excluding carboxylic acids is 1. The number of hydrogen-bond donors (Lipinski definition) is 2. The largest absolute Gasteiger partial charge is 0.479 e. The number of aryl methyl sites for hydroxylation is 1. The molecule has 2 N–H and O–H groups in total. The summed E-state index contributed by atoms with van der Waals surface area (Å²) in [6.07, 6.45) is 2.49. The molecule has 1 aliphatic carbocycles. The molecule has 0 spiro atoms. The standard InChI is InChI=1S/C20H20FNO3/c1-20(19(24)25,14-9-11-15(21)12-10-14)22-18(23)17-8-4-6-13-5-2-3-7-16(13)17/h2-3,5,7,9-12,17H,4,6,8H2,1H3,(H,22,23)(H,24,25). The summed E-state index contributed by atoms with van der Waals surface area (Å²) >= 11 is 0. The highest BCUT2D eigenvalue weighted by Crippen LogP contribution is 2.33. The molecule has 1 aliphatic rings. The van der Waals surface area contributed by atoms with E-state index in [2.05, 4.69) is 5.32 Å². The molecule has 4 nitrogen and oxygen atoms in total. The number of aliphatic carboxylic acids is 1. The zero-order chi connectivity index (χ0) is 18.0. The minimum Gasteiger partial charge on any atom is -0.479 e. The molecule has 1 amide bonds. The third-order valence-corrected chi connectivity index (χ3v) is 4.91. The zero-order valence-electron chi connectivity index (χ0n) is 14.0. The second kappa shape index (κ2) is 6.67. The predicted molar refractivity (Wildman–Crippen MR) is 91.7 cm³/mol. The van der Waals surface area contributed by atoms with Crippen LogP contribution < -0.4 is 5.32 Å². The first kappa shape index (κ1) is 17.1. The Morgan fingerprint density at radius 3 is 2.52 bits per heavy atom. The normalized spacial score (nSPS) is 18.7. The Hall–Kier alpha value is -2.69. The van der Waals surface area contributed by atoms with Crippen molar-refractivity contribution in [2.75, 3.05) is 0 Å². The fourth-order valence-corrected chi connectivity index (χ4v) is 3.39. The Kier molecular flexibility index (Phi) is 4.57. The monoisotopic (exact) mass is 341 g/mol. The highest BCUT2D eigenvalue weighted by molar-refractivity contribution is 5.91. The number of carboxylic acids is 1. The number of amides is 1. The highest BCUT2D eigenvalue weighted by atomic mass is 19.1. The molecule has 3 rings (SSSR count). The van der Waals surface area contributed by atoms with Crippen LogP contribution in [0.3, 0.4) is 0 Å². The summed E-state index contributed by atoms with van der Waals surface area (Å²) in [6.45, 7) is 1.43. The van der Waals surface area contributed by atoms with Crippen LogP contribution in [0.5, 0.6) is 0 Å². The van der Waals surface area contributed by atoms with Crippen LogP contribution in [0, 0.1) is 5.82 Å². The van der Waals surface area contributed by atoms with Crippen LogP contribution in [0.4, 0.5) is 4.39 Å². The number of hydrogen-bond acceptors (Lipinski definition) is 2. The quantitative estimate of drug-likeness (QED) is 0.896. The van der Waals surface area contributed by atoms with Gasteiger partial charge in [0, 0.05) is 0 Å². The van der Waals surface area contributed by atoms with Gasteiger partial charge in [-0.1, -0.05) is 36.4 Å². The molecule has 2 aromatic carbocycles. The lowest BCUT2D eigenvalue weighted by molar-refractivity contribution is -0.147. The SMILES string of the molecule is CC(NC(=O)C1CCCc2ccccc21)(C(=O)O)c1ccc(F)cc1. The van der Waals surface area contributed by atoms with Crippen molar-refractivity contribution in [2.45, 2.75) is 37.6 Å². The van der Waals surface area contributed by atoms with Crippen LogP contribution in [0.15, 0.2) is 48.5 Å². The molecule has 2 atom stereocenters. The molecule has 2 unspecified atom stereocenters. The van der Waals surface area contributed by atoms with E-state index >= 15 is 0 Å². The molecule has 0 saturated heterocycles. The van der Waals surface area contributed by atoms with Gasteiger partial charge < -0.3 is 10.4 Å². The molecule has 5 heteroatoms. The molecule has 0 saturated carbocycles. The van der Waals surface area contributed by atoms with Gasteiger partial charge in [-0.2, -0.15) is 0 Å². The van der Waals surface area contributed by atoms with Crippen LogP contribution >= 0.6 is 0 Å². The fourth-order valence-electron chi connectivity index (χ4n) is 3.39. The number of carbonyl (C=O) groups is 2. The molecule has 0 aliphatic heterocycles. The van der Waals surface area contributed by atoms with Crippen molar-refractivity contribution in [1.29, 1.82) is 0 Å². The van der Waals surface area contributed by atoms with Crippen molar-refractivity contribution in [2.24, 2.45) is 0 Å². The van der Waals surface area contributed by atoms with E-state index in [-0.39, 0.29) is 11.8 Å². The van der Waals surface area contributed by atoms with Gasteiger partial charge in [0.25, 0.3) is 0 Å². The highest BCUT2D eigenvalue weighted by Gasteiger charge is 2.39. The molecule has 0 aromatic heterocycles. The smallest absolute Gasteiger partial charge is 0.333 e. The second-order valence-corrected chi connectivity index (χ2v) is 6.57. The van der Waals surface area contributed by atoms with E-state index < -0.39 is 17.3 Å². The average Bonchev–Trinajstić information content (AvgIpc) is 2.61. The maximum absolute atomic E-state index is 13.2. The maximum Gasteiger partial charge on any atom is 0.333 e. The molecule has 2 aromatic rings. The van der Waals surface area contributed by atoms with Crippen molar-refractivity contribution in [3.05, 3.63) is 71.0 Å². The lowest BCUT2D eigenvalue weighted by atomic mass is 9.81. The number of fused-ring (bicyclic) bond motifs is 1. The van der Waals surface area contributed by atoms with Gasteiger partial charge in [0.15, 0.2) is 5.54 Å². The summed E-state index contributed by atoms with van der Waals surface area (Å²) in [7, 11) is 0. The van der Waals surface area contributed by atoms with Gasteiger partial charge >= 0.3 is 5.97 Å². The molecule has 0 radical (unpaired) electrons. The minimum absolute atomic E-state index is 0.318. The van der Waals surface area contributed by atoms with E-state index in [0.29, 0.717) is 12.0 Å². The number of rotatable bonds is 4. The van der Waals surface area contributed by atoms with E-state index in [1.165, 1.54) is 31.2 Å². The first-order valence-corrected chi connectivity index (χ1v) is 8.31. The van der Waals surface area contributed by atoms with Gasteiger partial charge in [-0.3, -0.25) is 4.79 Å². The Balaban J connectivity index is 1.90. The topological polar surface area (TPSA) is 66.4 Å². The van der Waals surface area contributed by atoms with E-state index in [4.69, 9.17) is 0 Å². The summed E-state index contributed by atoms with van der Waals surface area (Å²) in [5.41, 5.74) is 0.807. The van der Waals surface area contributed by atoms with E-state index in [9.17, 15) is 19.1 Å². The van der Waals surface area contributed by atoms with E-state index in [1.807, 2.05) is 24.3 Å². The Morgan fingerprint density at radius 2 is 1.84 bits per heavy atom. The van der Waals surface area contributed by atoms with Gasteiger partial charge in [0.1, 0.15) is 5.82 Å². The van der Waals surface area contributed by atoms with Crippen LogP contribution in [0.2, 0.25) is 0 Å². The fraction of sp³-hybridized carbons (Fsp3) is 0.300. The molecule has 25 heavy (non-hydrogen) atoms. The minimum atomic E-state index is -1.61. The Morgan fingerprint density at radius 1 is 1.16 bits per heavy atom. The summed E-state index contributed by atoms with van der Waals surface area (Å²) in [6, 6.07) is 12.9. The van der Waals surface area contributed by atoms with Crippen molar-refractivity contribution in [3.63, 3.8) is 0 Å². The lowest BCUT2D eigenvalue weighted by Gasteiger charge is -2.31. The molecule has 0 heterocycles. The lowest BCUT2D eigenvalue weighted by Crippen LogP contribution is -2.51. The summed E-state index contributed by atoms with van der Waals surface area (Å²) < 4.78 is 13.2. The third-order valence-electron chi connectivity index (χ3n) is 4.91. The number of carboxylic acid groups (broad SMARTS) is 1. The van der Waals surface area contributed by atoms with E-state index in [0.717, 1.165) is 24.0 Å². The van der Waals surface area contributed by atoms with Crippen molar-refractivity contribution < 1.29 is 19.1 Å². The van der Waals surface area contributed by atoms with Gasteiger partial charge in [0.05, 0.1) is 5.92 Å². The molecule has 0 fully saturated rings. The third kappa shape index (κ3) is 3.27. The Labute approximate surface area is 145 Å². The molecule has 130 valence electrons. The van der Waals surface area contributed by atoms with Crippen LogP contribution in [0.1, 0.15) is 42.4 Å². The van der Waals surface area contributed by atoms with Gasteiger partial charge in [0.2, 0.25) is 5.91 Å². The molecule has 0 bridgehead atoms. The summed E-state index contributed by atoms with van der Waals surface area (Å²) in [5, 5.41) is 12.4. The van der Waals surface area contributed by atoms with Crippen molar-refractivity contribution in [1.82, 2.24) is 5.32 Å². The first-order valence-electron chi connectivity index (χ1n) is 8.31. The van der Waals surface area contributed by atoms with Crippen LogP contribution in [-0.4, -0.2) is 17.0 Å². The number of halogens is 1. The zero-order valence-corrected chi connectivity index (χ0v) is 14.0. The van der Waals surface area contributed by atoms with Crippen molar-refractivity contribution >= 4 is 11.9 Å². The number of nitrogens with one attached hydrogen (secondary N) is 1. The summed E-state index contributed by atoms with van der Waals surface area (Å²) in [5.74, 6) is -2.33. The molecular formula is C20H20FNO3. The maximum atomic E-state index is 13.2. The number of benzene rings is 2. The first-order chi connectivity index (χ1) is 11.9.